The molecule has 334 valence electrons. The Morgan fingerprint density at radius 1 is 0.919 bits per heavy atom. The smallest absolute Gasteiger partial charge is 0.252 e. The van der Waals surface area contributed by atoms with E-state index in [0.29, 0.717) is 39.3 Å². The maximum Gasteiger partial charge on any atom is 0.252 e. The number of aryl methyl sites for hydroxylation is 2. The third kappa shape index (κ3) is 13.2. The Labute approximate surface area is 364 Å². The number of amides is 5. The van der Waals surface area contributed by atoms with E-state index in [1.807, 2.05) is 25.1 Å². The lowest BCUT2D eigenvalue weighted by Crippen LogP contribution is -2.56. The zero-order valence-electron chi connectivity index (χ0n) is 36.6. The van der Waals surface area contributed by atoms with Crippen LogP contribution in [0.4, 0.5) is 0 Å². The minimum Gasteiger partial charge on any atom is -0.492 e. The van der Waals surface area contributed by atoms with Crippen molar-refractivity contribution in [3.63, 3.8) is 0 Å². The topological polar surface area (TPSA) is 243 Å². The summed E-state index contributed by atoms with van der Waals surface area (Å²) in [6.45, 7) is 6.02. The van der Waals surface area contributed by atoms with Crippen LogP contribution in [0.15, 0.2) is 54.6 Å². The maximum absolute atomic E-state index is 14.6. The first-order valence-electron chi connectivity index (χ1n) is 21.4. The average molecular weight is 854 g/mol. The van der Waals surface area contributed by atoms with Gasteiger partial charge in [-0.2, -0.15) is 5.26 Å². The number of nitrogens with one attached hydrogen (secondary N) is 5. The number of hydrogen-bond donors (Lipinski definition) is 7. The van der Waals surface area contributed by atoms with Crippen LogP contribution in [0.3, 0.4) is 0 Å². The van der Waals surface area contributed by atoms with Crippen LogP contribution in [-0.4, -0.2) is 106 Å². The number of hydrogen-bond acceptors (Lipinski definition) is 11. The van der Waals surface area contributed by atoms with Gasteiger partial charge in [0.25, 0.3) is 5.91 Å². The van der Waals surface area contributed by atoms with Crippen molar-refractivity contribution in [3.8, 4) is 28.7 Å². The summed E-state index contributed by atoms with van der Waals surface area (Å²) in [5.74, 6) is -2.19. The van der Waals surface area contributed by atoms with Gasteiger partial charge in [0, 0.05) is 49.8 Å². The number of nitrogens with zero attached hydrogens (tertiary/aromatic N) is 2. The van der Waals surface area contributed by atoms with Crippen LogP contribution in [0.2, 0.25) is 0 Å². The van der Waals surface area contributed by atoms with E-state index in [1.165, 1.54) is 38.1 Å². The molecule has 16 nitrogen and oxygen atoms in total. The Kier molecular flexibility index (Phi) is 19.2. The van der Waals surface area contributed by atoms with Gasteiger partial charge in [0.05, 0.1) is 6.07 Å². The third-order valence-corrected chi connectivity index (χ3v) is 10.7. The SMILES string of the molecule is CCCCCCCc1ccc(C(=O)NC(CNC)C(=O)N(C)[C@@H]2C(=O)N[C@@H](C)C(=O)N[C@H](C(=O)NCC#N)Cc3ccc(OCCN)c(c3)-c3cc2ccc3OCCN)c(C)c1. The number of rotatable bonds is 20. The molecule has 4 atom stereocenters. The largest absolute Gasteiger partial charge is 0.492 e. The summed E-state index contributed by atoms with van der Waals surface area (Å²) in [7, 11) is 3.11. The molecule has 3 aromatic rings. The molecule has 0 spiro atoms. The monoisotopic (exact) mass is 853 g/mol. The molecule has 1 aliphatic heterocycles. The normalized spacial score (nSPS) is 16.7. The number of likely N-dealkylation sites (N-methyl/N-ethyl adjacent to an activating group) is 2. The summed E-state index contributed by atoms with van der Waals surface area (Å²) < 4.78 is 12.2. The van der Waals surface area contributed by atoms with Crippen molar-refractivity contribution in [2.45, 2.75) is 89.9 Å². The van der Waals surface area contributed by atoms with Crippen LogP contribution in [0.1, 0.15) is 84.6 Å². The molecule has 0 aliphatic carbocycles. The number of carbonyl (C=O) groups is 5. The number of nitriles is 1. The first-order chi connectivity index (χ1) is 29.9. The van der Waals surface area contributed by atoms with Crippen molar-refractivity contribution in [1.82, 2.24) is 31.5 Å². The van der Waals surface area contributed by atoms with E-state index in [2.05, 4.69) is 33.5 Å². The highest BCUT2D eigenvalue weighted by molar-refractivity contribution is 6.00. The Hall–Kier alpha value is -6.02. The molecule has 1 aliphatic rings. The van der Waals surface area contributed by atoms with Gasteiger partial charge in [-0.05, 0) is 86.3 Å². The van der Waals surface area contributed by atoms with Gasteiger partial charge in [-0.3, -0.25) is 24.0 Å². The van der Waals surface area contributed by atoms with Gasteiger partial charge in [-0.1, -0.05) is 56.9 Å². The highest BCUT2D eigenvalue weighted by Gasteiger charge is 2.36. The number of carbonyl (C=O) groups excluding carboxylic acids is 5. The molecule has 0 saturated heterocycles. The summed E-state index contributed by atoms with van der Waals surface area (Å²) in [6, 6.07) is 13.1. The van der Waals surface area contributed by atoms with Crippen molar-refractivity contribution < 1.29 is 33.4 Å². The van der Waals surface area contributed by atoms with Gasteiger partial charge in [0.15, 0.2) is 0 Å². The van der Waals surface area contributed by atoms with Crippen LogP contribution in [0.25, 0.3) is 11.1 Å². The fourth-order valence-corrected chi connectivity index (χ4v) is 7.41. The van der Waals surface area contributed by atoms with Crippen LogP contribution in [0, 0.1) is 18.3 Å². The number of nitrogens with two attached hydrogens (primary N) is 2. The van der Waals surface area contributed by atoms with Gasteiger partial charge in [0.1, 0.15) is 55.4 Å². The van der Waals surface area contributed by atoms with E-state index in [0.717, 1.165) is 30.4 Å². The molecule has 1 unspecified atom stereocenters. The molecule has 0 aromatic heterocycles. The van der Waals surface area contributed by atoms with Gasteiger partial charge >= 0.3 is 0 Å². The lowest BCUT2D eigenvalue weighted by atomic mass is 9.93. The van der Waals surface area contributed by atoms with E-state index in [9.17, 15) is 24.0 Å². The Morgan fingerprint density at radius 3 is 2.24 bits per heavy atom. The second kappa shape index (κ2) is 24.4. The Bertz CT molecular complexity index is 2070. The molecule has 16 heteroatoms. The molecule has 0 saturated carbocycles. The predicted molar refractivity (Wildman–Crippen MR) is 237 cm³/mol. The van der Waals surface area contributed by atoms with E-state index in [-0.39, 0.29) is 45.8 Å². The van der Waals surface area contributed by atoms with E-state index >= 15 is 0 Å². The third-order valence-electron chi connectivity index (χ3n) is 10.7. The molecule has 4 rings (SSSR count). The quantitative estimate of drug-likeness (QED) is 0.0644. The van der Waals surface area contributed by atoms with Gasteiger partial charge in [-0.25, -0.2) is 0 Å². The van der Waals surface area contributed by atoms with Crippen LogP contribution >= 0.6 is 0 Å². The second-order valence-corrected chi connectivity index (χ2v) is 15.5. The van der Waals surface area contributed by atoms with Gasteiger partial charge in [-0.15, -0.1) is 0 Å². The molecule has 4 bridgehead atoms. The first-order valence-corrected chi connectivity index (χ1v) is 21.4. The fraction of sp³-hybridized carbons (Fsp3) is 0.478. The molecule has 1 heterocycles. The lowest BCUT2D eigenvalue weighted by molar-refractivity contribution is -0.141. The maximum atomic E-state index is 14.6. The highest BCUT2D eigenvalue weighted by Crippen LogP contribution is 2.40. The highest BCUT2D eigenvalue weighted by atomic mass is 16.5. The van der Waals surface area contributed by atoms with Crippen LogP contribution in [0.5, 0.6) is 11.5 Å². The van der Waals surface area contributed by atoms with Crippen molar-refractivity contribution in [3.05, 3.63) is 82.4 Å². The van der Waals surface area contributed by atoms with Gasteiger partial charge in [0.2, 0.25) is 23.6 Å². The molecular formula is C46H63N9O7. The molecule has 9 N–H and O–H groups in total. The lowest BCUT2D eigenvalue weighted by Gasteiger charge is -2.32. The Morgan fingerprint density at radius 2 is 1.60 bits per heavy atom. The molecule has 5 amide bonds. The number of unbranched alkanes of at least 4 members (excludes halogenated alkanes) is 4. The summed E-state index contributed by atoms with van der Waals surface area (Å²) in [5, 5.41) is 23.0. The molecule has 0 radical (unpaired) electrons. The van der Waals surface area contributed by atoms with Crippen LogP contribution < -0.4 is 47.5 Å². The average Bonchev–Trinajstić information content (AvgIpc) is 3.26. The number of ether oxygens (including phenoxy) is 2. The minimum atomic E-state index is -1.34. The summed E-state index contributed by atoms with van der Waals surface area (Å²) in [5.41, 5.74) is 16.0. The summed E-state index contributed by atoms with van der Waals surface area (Å²) in [6.07, 6.45) is 6.74. The first kappa shape index (κ1) is 48.6. The van der Waals surface area contributed by atoms with E-state index < -0.39 is 53.7 Å². The van der Waals surface area contributed by atoms with Crippen molar-refractivity contribution in [2.24, 2.45) is 11.5 Å². The van der Waals surface area contributed by atoms with E-state index in [4.69, 9.17) is 26.2 Å². The van der Waals surface area contributed by atoms with Crippen molar-refractivity contribution in [2.75, 3.05) is 53.5 Å². The second-order valence-electron chi connectivity index (χ2n) is 15.5. The number of benzene rings is 3. The molecule has 62 heavy (non-hydrogen) atoms. The van der Waals surface area contributed by atoms with E-state index in [1.54, 1.807) is 49.5 Å². The summed E-state index contributed by atoms with van der Waals surface area (Å²) >= 11 is 0. The van der Waals surface area contributed by atoms with Crippen molar-refractivity contribution >= 4 is 29.5 Å². The van der Waals surface area contributed by atoms with Crippen molar-refractivity contribution in [1.29, 1.82) is 5.26 Å². The molecular weight excluding hydrogens is 791 g/mol. The standard InChI is InChI=1S/C46H63N9O7/c1-6-7-8-9-10-11-31-12-15-34(29(2)24-31)43(57)54-38(28-50-4)46(60)55(5)41-33-14-17-40(62-23-20-49)36(27-33)35-25-32(13-16-39(35)61-22-19-48)26-37(44(58)51-21-18-47)53-42(56)30(3)52-45(41)59/h12-17,24-25,27,30,37-38,41,50H,6-11,19-23,26,28,48-49H2,1-5H3,(H,51,58)(H,52,59)(H,53,56)(H,54,57)/t30-,37-,38?,41-/m0/s1. The minimum absolute atomic E-state index is 0.0216. The number of fused-ring (bicyclic) bond motifs is 5. The fourth-order valence-electron chi connectivity index (χ4n) is 7.41. The zero-order valence-corrected chi connectivity index (χ0v) is 36.6. The Balaban J connectivity index is 1.78. The van der Waals surface area contributed by atoms with Crippen LogP contribution in [-0.2, 0) is 32.0 Å². The zero-order chi connectivity index (χ0) is 45.2. The predicted octanol–water partition coefficient (Wildman–Crippen LogP) is 2.55. The van der Waals surface area contributed by atoms with Gasteiger partial charge < -0.3 is 52.4 Å². The summed E-state index contributed by atoms with van der Waals surface area (Å²) in [4.78, 5) is 71.2. The molecule has 3 aromatic carbocycles. The molecule has 0 fully saturated rings.